The van der Waals surface area contributed by atoms with Gasteiger partial charge in [0.05, 0.1) is 0 Å². The molecule has 0 amide bonds. The van der Waals surface area contributed by atoms with Crippen molar-refractivity contribution in [1.82, 2.24) is 0 Å². The molecule has 124 heavy (non-hydrogen) atoms. The first-order chi connectivity index (χ1) is 58.0. The number of aliphatic hydroxyl groups is 1. The molecule has 0 aromatic heterocycles. The van der Waals surface area contributed by atoms with Crippen LogP contribution in [0.25, 0.3) is 0 Å². The third-order valence-corrected chi connectivity index (χ3v) is 17.7. The minimum absolute atomic E-state index is 0.791. The highest BCUT2D eigenvalue weighted by atomic mass is 16.8. The third kappa shape index (κ3) is 30.4. The van der Waals surface area contributed by atoms with E-state index in [9.17, 15) is 96.2 Å². The van der Waals surface area contributed by atoms with Crippen LogP contribution in [0.1, 0.15) is 132 Å². The van der Waals surface area contributed by atoms with Gasteiger partial charge in [0.2, 0.25) is 0 Å². The molecule has 0 spiro atoms. The van der Waals surface area contributed by atoms with Crippen LogP contribution in [0.5, 0.6) is 0 Å². The van der Waals surface area contributed by atoms with E-state index in [0.29, 0.717) is 0 Å². The summed E-state index contributed by atoms with van der Waals surface area (Å²) in [6.07, 6.45) is -64.6. The van der Waals surface area contributed by atoms with Crippen molar-refractivity contribution in [2.75, 3.05) is 39.6 Å². The lowest BCUT2D eigenvalue weighted by Gasteiger charge is -2.52. The molecule has 0 aromatic carbocycles. The van der Waals surface area contributed by atoms with Crippen molar-refractivity contribution in [3.63, 3.8) is 0 Å². The molecule has 0 aromatic rings. The number of rotatable bonds is 35. The zero-order valence-electron chi connectivity index (χ0n) is 70.5. The maximum atomic E-state index is 13.9. The first kappa shape index (κ1) is 102. The molecular weight excluding hydrogens is 1690 g/mol. The lowest BCUT2D eigenvalue weighted by Crippen LogP contribution is -2.70. The standard InChI is InChI=1S/C74H100O50/c1-26(75)95-20-45-53(57(103-34(9)83)63(69(94)114-45)108-39(14)88)120-71-65(110-41(16)90)60(106-37(12)86)55(49(117-71)24-99-30(5)79)123-73-68(113-44(19)93)62(52(102-33(8)82)47(116-73)22-97-28(3)77)124-74-67(112-43(18)92)61(107-38(13)87)56(50(119-74)25-100-31(6)80)122-72-66(111-42(17)91)59(105-36(11)85)54(48(118-72)23-98-29(4)78)121-70-64(109-40(15)89)58(104-35(10)84)51(101-32(7)81)46(115-70)21-96-27(2)76/h45-74,94H,20-25H2,1-19H3/t45-,46+,47-,48+,49-,50-,51-,52-,53-,54+,55-,56-,57-,58+,59+,60-,61-,62+,63?,64-,65-,66-,67-,68+,69-,70-,71+,72-,73?,74-/m1/s1. The average Bonchev–Trinajstić information content (AvgIpc) is 0.756. The molecule has 6 aliphatic heterocycles. The monoisotopic (exact) mass is 1790 g/mol. The van der Waals surface area contributed by atoms with Crippen molar-refractivity contribution in [3.05, 3.63) is 0 Å². The van der Waals surface area contributed by atoms with Crippen molar-refractivity contribution < 1.29 is 238 Å². The van der Waals surface area contributed by atoms with Crippen molar-refractivity contribution in [2.45, 2.75) is 316 Å². The van der Waals surface area contributed by atoms with E-state index in [1.54, 1.807) is 0 Å². The van der Waals surface area contributed by atoms with Gasteiger partial charge in [-0.25, -0.2) is 0 Å². The Labute approximate surface area is 705 Å². The summed E-state index contributed by atoms with van der Waals surface area (Å²) >= 11 is 0. The van der Waals surface area contributed by atoms with Gasteiger partial charge in [-0.15, -0.1) is 0 Å². The van der Waals surface area contributed by atoms with Crippen LogP contribution in [0, 0.1) is 0 Å². The first-order valence-corrected chi connectivity index (χ1v) is 37.9. The fraction of sp³-hybridized carbons (Fsp3) is 0.743. The predicted octanol–water partition coefficient (Wildman–Crippen LogP) is -3.26. The van der Waals surface area contributed by atoms with Crippen molar-refractivity contribution in [1.29, 1.82) is 0 Å². The number of ether oxygens (including phenoxy) is 30. The largest absolute Gasteiger partial charge is 0.463 e. The van der Waals surface area contributed by atoms with Gasteiger partial charge in [0, 0.05) is 132 Å². The zero-order valence-corrected chi connectivity index (χ0v) is 70.5. The Bertz CT molecular complexity index is 3840. The second-order valence-electron chi connectivity index (χ2n) is 28.1. The number of carbonyl (C=O) groups excluding carboxylic acids is 19. The number of hydrogen-bond acceptors (Lipinski definition) is 50. The van der Waals surface area contributed by atoms with Crippen LogP contribution in [0.2, 0.25) is 0 Å². The third-order valence-electron chi connectivity index (χ3n) is 17.7. The smallest absolute Gasteiger partial charge is 0.303 e. The lowest BCUT2D eigenvalue weighted by atomic mass is 9.94. The van der Waals surface area contributed by atoms with E-state index in [0.717, 1.165) is 132 Å². The minimum Gasteiger partial charge on any atom is -0.463 e. The fourth-order valence-corrected chi connectivity index (χ4v) is 13.6. The van der Waals surface area contributed by atoms with Gasteiger partial charge < -0.3 is 147 Å². The van der Waals surface area contributed by atoms with Gasteiger partial charge in [-0.3, -0.25) is 91.1 Å². The summed E-state index contributed by atoms with van der Waals surface area (Å²) in [5.41, 5.74) is 0. The normalized spacial score (nSPS) is 33.1. The summed E-state index contributed by atoms with van der Waals surface area (Å²) in [5, 5.41) is 11.2. The molecule has 696 valence electrons. The molecule has 1 N–H and O–H groups in total. The molecule has 6 saturated heterocycles. The zero-order chi connectivity index (χ0) is 92.7. The van der Waals surface area contributed by atoms with E-state index in [1.807, 2.05) is 0 Å². The first-order valence-electron chi connectivity index (χ1n) is 37.9. The van der Waals surface area contributed by atoms with Crippen molar-refractivity contribution in [3.8, 4) is 0 Å². The molecule has 6 aliphatic rings. The Balaban J connectivity index is 1.58. The molecule has 0 saturated carbocycles. The van der Waals surface area contributed by atoms with Gasteiger partial charge >= 0.3 is 113 Å². The molecule has 2 unspecified atom stereocenters. The summed E-state index contributed by atoms with van der Waals surface area (Å²) in [6, 6.07) is 0. The molecule has 0 radical (unpaired) electrons. The van der Waals surface area contributed by atoms with Crippen LogP contribution >= 0.6 is 0 Å². The van der Waals surface area contributed by atoms with Crippen molar-refractivity contribution in [2.24, 2.45) is 0 Å². The van der Waals surface area contributed by atoms with Crippen LogP contribution in [0.4, 0.5) is 0 Å². The highest BCUT2D eigenvalue weighted by Crippen LogP contribution is 2.43. The Morgan fingerprint density at radius 2 is 0.306 bits per heavy atom. The number of esters is 19. The van der Waals surface area contributed by atoms with E-state index in [-0.39, 0.29) is 0 Å². The summed E-state index contributed by atoms with van der Waals surface area (Å²) < 4.78 is 177. The second-order valence-corrected chi connectivity index (χ2v) is 28.1. The molecule has 6 rings (SSSR count). The second kappa shape index (κ2) is 47.0. The topological polar surface area (TPSA) is 621 Å². The summed E-state index contributed by atoms with van der Waals surface area (Å²) in [7, 11) is 0. The van der Waals surface area contributed by atoms with Crippen molar-refractivity contribution >= 4 is 113 Å². The quantitative estimate of drug-likeness (QED) is 0.0481. The molecule has 6 heterocycles. The number of aliphatic hydroxyl groups excluding tert-OH is 1. The average molecular weight is 1790 g/mol. The van der Waals surface area contributed by atoms with Crippen LogP contribution in [-0.4, -0.2) is 342 Å². The van der Waals surface area contributed by atoms with Gasteiger partial charge in [-0.2, -0.15) is 0 Å². The summed E-state index contributed by atoms with van der Waals surface area (Å²) in [6.45, 7) is 10.7. The lowest BCUT2D eigenvalue weighted by molar-refractivity contribution is -0.397. The number of carbonyl (C=O) groups is 19. The molecule has 0 bridgehead atoms. The fourth-order valence-electron chi connectivity index (χ4n) is 13.6. The number of hydrogen-bond donors (Lipinski definition) is 1. The maximum Gasteiger partial charge on any atom is 0.303 e. The van der Waals surface area contributed by atoms with E-state index in [4.69, 9.17) is 142 Å². The summed E-state index contributed by atoms with van der Waals surface area (Å²) in [5.74, 6) is -21.8. The SMILES string of the molecule is CC(=O)OC[C@@H]1O[C@H](O[C@H]2[C@@H](OC(C)=O)[C@@H](OC(C)=O)[C@@H](O[C@H]3[C@H](OC(C)=O)[C@@H](COC(C)=O)OC(O[C@H]4[C@@H](OC(C)=O)[C@@H](OC(C)=O)[C@H](O[C@@H]5[C@@H](COC(C)=O)O[C@@H](O)C(OC(C)=O)[C@@H]5OC(C)=O)O[C@@H]4COC(C)=O)[C@H]3OC(C)=O)O[C@@H]2COC(C)=O)[C@H](OC(C)=O)[C@@H](OC(C)=O)[C@H]1O[C@H]1O[C@@H](COC(C)=O)[C@@H](OC(C)=O)[C@H](OC(C)=O)[C@H]1OC(C)=O. The Kier molecular flexibility index (Phi) is 38.7. The van der Waals surface area contributed by atoms with Crippen LogP contribution in [0.3, 0.4) is 0 Å². The Morgan fingerprint density at radius 1 is 0.169 bits per heavy atom. The molecule has 50 nitrogen and oxygen atoms in total. The van der Waals surface area contributed by atoms with Crippen LogP contribution < -0.4 is 0 Å². The summed E-state index contributed by atoms with van der Waals surface area (Å²) in [4.78, 5) is 250. The van der Waals surface area contributed by atoms with Crippen LogP contribution in [0.15, 0.2) is 0 Å². The van der Waals surface area contributed by atoms with Gasteiger partial charge in [0.25, 0.3) is 0 Å². The molecule has 6 fully saturated rings. The highest BCUT2D eigenvalue weighted by molar-refractivity contribution is 5.73. The predicted molar refractivity (Wildman–Crippen MR) is 381 cm³/mol. The van der Waals surface area contributed by atoms with Crippen LogP contribution in [-0.2, 0) is 233 Å². The minimum atomic E-state index is -2.50. The van der Waals surface area contributed by atoms with E-state index < -0.39 is 337 Å². The Morgan fingerprint density at radius 3 is 0.508 bits per heavy atom. The molecule has 0 aliphatic carbocycles. The van der Waals surface area contributed by atoms with E-state index in [2.05, 4.69) is 0 Å². The molecular formula is C74H100O50. The van der Waals surface area contributed by atoms with Gasteiger partial charge in [-0.1, -0.05) is 0 Å². The maximum absolute atomic E-state index is 13.9. The molecule has 50 heteroatoms. The van der Waals surface area contributed by atoms with Gasteiger partial charge in [0.1, 0.15) is 107 Å². The highest BCUT2D eigenvalue weighted by Gasteiger charge is 2.64. The van der Waals surface area contributed by atoms with E-state index in [1.165, 1.54) is 0 Å². The van der Waals surface area contributed by atoms with Gasteiger partial charge in [0.15, 0.2) is 117 Å². The van der Waals surface area contributed by atoms with Gasteiger partial charge in [-0.05, 0) is 0 Å². The van der Waals surface area contributed by atoms with E-state index >= 15 is 0 Å². The molecule has 30 atom stereocenters. The Hall–Kier alpha value is -10.5.